The van der Waals surface area contributed by atoms with E-state index in [1.165, 1.54) is 0 Å². The zero-order valence-electron chi connectivity index (χ0n) is 8.89. The summed E-state index contributed by atoms with van der Waals surface area (Å²) in [6.45, 7) is 3.68. The van der Waals surface area contributed by atoms with Gasteiger partial charge in [-0.3, -0.25) is 0 Å². The molecular weight excluding hydrogens is 231 g/mol. The third-order valence-corrected chi connectivity index (χ3v) is 2.94. The molecule has 0 aromatic heterocycles. The molecule has 1 unspecified atom stereocenters. The van der Waals surface area contributed by atoms with Gasteiger partial charge in [0.15, 0.2) is 0 Å². The number of hydrogen-bond donors (Lipinski definition) is 0. The topological polar surface area (TPSA) is 17.1 Å². The Morgan fingerprint density at radius 2 is 2.00 bits per heavy atom. The van der Waals surface area contributed by atoms with Crippen LogP contribution in [0.3, 0.4) is 0 Å². The van der Waals surface area contributed by atoms with Crippen LogP contribution in [0.4, 0.5) is 0 Å². The summed E-state index contributed by atoms with van der Waals surface area (Å²) in [5.41, 5.74) is 1.12. The second kappa shape index (κ2) is 5.53. The molecule has 0 bridgehead atoms. The van der Waals surface area contributed by atoms with Crippen molar-refractivity contribution < 1.29 is 4.79 Å². The van der Waals surface area contributed by atoms with Gasteiger partial charge in [0.2, 0.25) is 0 Å². The van der Waals surface area contributed by atoms with E-state index in [0.29, 0.717) is 22.4 Å². The molecule has 0 saturated heterocycles. The molecule has 0 saturated carbocycles. The van der Waals surface area contributed by atoms with E-state index in [-0.39, 0.29) is 5.78 Å². The molecule has 0 amide bonds. The van der Waals surface area contributed by atoms with Crippen molar-refractivity contribution in [2.75, 3.05) is 0 Å². The Balaban J connectivity index is 2.64. The van der Waals surface area contributed by atoms with Gasteiger partial charge < -0.3 is 4.79 Å². The molecule has 0 aliphatic rings. The van der Waals surface area contributed by atoms with Crippen molar-refractivity contribution in [1.29, 1.82) is 0 Å². The zero-order valence-corrected chi connectivity index (χ0v) is 10.4. The molecule has 3 heteroatoms. The summed E-state index contributed by atoms with van der Waals surface area (Å²) in [6.07, 6.45) is 1.47. The number of rotatable bonds is 4. The largest absolute Gasteiger partial charge is 0.300 e. The molecule has 0 aliphatic heterocycles. The third-order valence-electron chi connectivity index (χ3n) is 2.20. The molecule has 15 heavy (non-hydrogen) atoms. The van der Waals surface area contributed by atoms with Crippen LogP contribution in [0.5, 0.6) is 0 Å². The molecule has 1 aromatic carbocycles. The van der Waals surface area contributed by atoms with Crippen molar-refractivity contribution in [3.05, 3.63) is 33.8 Å². The lowest BCUT2D eigenvalue weighted by atomic mass is 9.97. The summed E-state index contributed by atoms with van der Waals surface area (Å²) >= 11 is 11.7. The number of halogens is 2. The average molecular weight is 245 g/mol. The van der Waals surface area contributed by atoms with E-state index in [4.69, 9.17) is 23.2 Å². The van der Waals surface area contributed by atoms with E-state index < -0.39 is 0 Å². The van der Waals surface area contributed by atoms with Gasteiger partial charge in [-0.1, -0.05) is 36.2 Å². The number of carbonyl (C=O) groups excluding carboxylic acids is 1. The Hall–Kier alpha value is -0.530. The second-order valence-electron chi connectivity index (χ2n) is 3.96. The normalized spacial score (nSPS) is 12.5. The van der Waals surface area contributed by atoms with Gasteiger partial charge >= 0.3 is 0 Å². The lowest BCUT2D eigenvalue weighted by Crippen LogP contribution is -2.04. The van der Waals surface area contributed by atoms with E-state index in [9.17, 15) is 4.79 Å². The lowest BCUT2D eigenvalue weighted by molar-refractivity contribution is -0.117. The Bertz CT molecular complexity index is 361. The summed E-state index contributed by atoms with van der Waals surface area (Å²) in [5.74, 6) is 0.572. The predicted molar refractivity (Wildman–Crippen MR) is 64.6 cm³/mol. The monoisotopic (exact) mass is 244 g/mol. The minimum absolute atomic E-state index is 0.225. The molecule has 82 valence electrons. The highest BCUT2D eigenvalue weighted by Crippen LogP contribution is 2.24. The van der Waals surface area contributed by atoms with Crippen molar-refractivity contribution in [3.8, 4) is 0 Å². The Labute approximate surface area is 100 Å². The minimum atomic E-state index is 0.225. The van der Waals surface area contributed by atoms with Crippen molar-refractivity contribution in [1.82, 2.24) is 0 Å². The minimum Gasteiger partial charge on any atom is -0.300 e. The Morgan fingerprint density at radius 1 is 1.33 bits per heavy atom. The van der Waals surface area contributed by atoms with Crippen LogP contribution in [0.1, 0.15) is 25.8 Å². The molecule has 0 N–H and O–H groups in total. The van der Waals surface area contributed by atoms with Gasteiger partial charge in [0.05, 0.1) is 10.0 Å². The maximum Gasteiger partial charge on any atom is 0.130 e. The fourth-order valence-electron chi connectivity index (χ4n) is 1.63. The van der Waals surface area contributed by atoms with Gasteiger partial charge in [-0.05, 0) is 37.0 Å². The maximum atomic E-state index is 10.9. The highest BCUT2D eigenvalue weighted by atomic mass is 35.5. The molecule has 1 rings (SSSR count). The predicted octanol–water partition coefficient (Wildman–Crippen LogP) is 4.15. The summed E-state index contributed by atoms with van der Waals surface area (Å²) in [6, 6.07) is 5.60. The first-order chi connectivity index (χ1) is 6.99. The molecular formula is C12H14Cl2O. The molecule has 1 aromatic rings. The Kier molecular flexibility index (Phi) is 4.62. The van der Waals surface area contributed by atoms with Crippen LogP contribution in [-0.4, -0.2) is 5.78 Å². The standard InChI is InChI=1S/C12H14Cl2O/c1-8(5-9(2)15)6-10-3-4-11(13)12(14)7-10/h3-4,7-8H,5-6H2,1-2H3. The first-order valence-corrected chi connectivity index (χ1v) is 5.68. The molecule has 1 atom stereocenters. The molecule has 0 heterocycles. The van der Waals surface area contributed by atoms with Crippen LogP contribution in [-0.2, 0) is 11.2 Å². The van der Waals surface area contributed by atoms with Crippen LogP contribution >= 0.6 is 23.2 Å². The molecule has 0 radical (unpaired) electrons. The van der Waals surface area contributed by atoms with Crippen molar-refractivity contribution in [3.63, 3.8) is 0 Å². The Morgan fingerprint density at radius 3 is 2.53 bits per heavy atom. The molecule has 1 nitrogen and oxygen atoms in total. The number of Topliss-reactive ketones (excluding diaryl/α,β-unsaturated/α-hetero) is 1. The van der Waals surface area contributed by atoms with Crippen LogP contribution in [0.15, 0.2) is 18.2 Å². The van der Waals surface area contributed by atoms with E-state index >= 15 is 0 Å². The average Bonchev–Trinajstić information content (AvgIpc) is 2.10. The lowest BCUT2D eigenvalue weighted by Gasteiger charge is -2.09. The van der Waals surface area contributed by atoms with Crippen molar-refractivity contribution in [2.24, 2.45) is 5.92 Å². The van der Waals surface area contributed by atoms with Gasteiger partial charge in [0.25, 0.3) is 0 Å². The third kappa shape index (κ3) is 4.23. The van der Waals surface area contributed by atoms with Gasteiger partial charge in [-0.2, -0.15) is 0 Å². The van der Waals surface area contributed by atoms with E-state index in [2.05, 4.69) is 6.92 Å². The smallest absolute Gasteiger partial charge is 0.130 e. The maximum absolute atomic E-state index is 10.9. The van der Waals surface area contributed by atoms with Crippen molar-refractivity contribution in [2.45, 2.75) is 26.7 Å². The fourth-order valence-corrected chi connectivity index (χ4v) is 1.95. The SMILES string of the molecule is CC(=O)CC(C)Cc1ccc(Cl)c(Cl)c1. The van der Waals surface area contributed by atoms with Gasteiger partial charge in [0.1, 0.15) is 5.78 Å². The quantitative estimate of drug-likeness (QED) is 0.778. The number of ketones is 1. The van der Waals surface area contributed by atoms with Crippen molar-refractivity contribution >= 4 is 29.0 Å². The second-order valence-corrected chi connectivity index (χ2v) is 4.78. The highest BCUT2D eigenvalue weighted by molar-refractivity contribution is 6.42. The fraction of sp³-hybridized carbons (Fsp3) is 0.417. The molecule has 0 spiro atoms. The summed E-state index contributed by atoms with van der Waals surface area (Å²) in [4.78, 5) is 10.9. The molecule has 0 fully saturated rings. The van der Waals surface area contributed by atoms with Crippen LogP contribution < -0.4 is 0 Å². The number of benzene rings is 1. The van der Waals surface area contributed by atoms with Crippen LogP contribution in [0.25, 0.3) is 0 Å². The number of carbonyl (C=O) groups is 1. The first kappa shape index (κ1) is 12.5. The zero-order chi connectivity index (χ0) is 11.4. The van der Waals surface area contributed by atoms with Crippen LogP contribution in [0.2, 0.25) is 10.0 Å². The van der Waals surface area contributed by atoms with Crippen LogP contribution in [0, 0.1) is 5.92 Å². The van der Waals surface area contributed by atoms with E-state index in [1.807, 2.05) is 12.1 Å². The number of hydrogen-bond acceptors (Lipinski definition) is 1. The highest BCUT2D eigenvalue weighted by Gasteiger charge is 2.07. The first-order valence-electron chi connectivity index (χ1n) is 4.92. The van der Waals surface area contributed by atoms with E-state index in [1.54, 1.807) is 13.0 Å². The summed E-state index contributed by atoms with van der Waals surface area (Å²) in [7, 11) is 0. The summed E-state index contributed by atoms with van der Waals surface area (Å²) in [5, 5.41) is 1.14. The van der Waals surface area contributed by atoms with Gasteiger partial charge in [-0.25, -0.2) is 0 Å². The van der Waals surface area contributed by atoms with Gasteiger partial charge in [-0.15, -0.1) is 0 Å². The van der Waals surface area contributed by atoms with Gasteiger partial charge in [0, 0.05) is 6.42 Å². The summed E-state index contributed by atoms with van der Waals surface area (Å²) < 4.78 is 0. The molecule has 0 aliphatic carbocycles. The van der Waals surface area contributed by atoms with E-state index in [0.717, 1.165) is 12.0 Å².